The van der Waals surface area contributed by atoms with Crippen LogP contribution in [0.4, 0.5) is 0 Å². The third kappa shape index (κ3) is 8.23. The lowest BCUT2D eigenvalue weighted by molar-refractivity contribution is -0.220. The van der Waals surface area contributed by atoms with E-state index in [2.05, 4.69) is 29.4 Å². The van der Waals surface area contributed by atoms with E-state index in [1.54, 1.807) is 0 Å². The molecule has 0 fully saturated rings. The molecule has 1 heterocycles. The van der Waals surface area contributed by atoms with Crippen LogP contribution in [0.5, 0.6) is 0 Å². The van der Waals surface area contributed by atoms with Gasteiger partial charge in [-0.3, -0.25) is 14.4 Å². The van der Waals surface area contributed by atoms with Crippen molar-refractivity contribution in [2.75, 3.05) is 26.7 Å². The van der Waals surface area contributed by atoms with Crippen LogP contribution in [0.25, 0.3) is 10.9 Å². The molecule has 0 aliphatic heterocycles. The van der Waals surface area contributed by atoms with Gasteiger partial charge in [-0.05, 0) is 82.6 Å². The van der Waals surface area contributed by atoms with E-state index in [0.717, 1.165) is 48.8 Å². The monoisotopic (exact) mass is 478 g/mol. The van der Waals surface area contributed by atoms with Gasteiger partial charge in [0.2, 0.25) is 6.41 Å². The van der Waals surface area contributed by atoms with Crippen molar-refractivity contribution in [3.05, 3.63) is 71.4 Å². The Morgan fingerprint density at radius 1 is 1.06 bits per heavy atom. The Labute approximate surface area is 208 Å². The summed E-state index contributed by atoms with van der Waals surface area (Å²) < 4.78 is 2.05. The molecule has 7 nitrogen and oxygen atoms in total. The van der Waals surface area contributed by atoms with E-state index >= 15 is 0 Å². The number of rotatable bonds is 12. The number of fused-ring (bicyclic) bond motifs is 1. The Kier molecular flexibility index (Phi) is 9.07. The number of hydrogen-bond acceptors (Lipinski definition) is 4. The topological polar surface area (TPSA) is 66.8 Å². The molecule has 0 aliphatic carbocycles. The van der Waals surface area contributed by atoms with Gasteiger partial charge in [0.1, 0.15) is 0 Å². The molecule has 7 heteroatoms. The molecule has 3 rings (SSSR count). The summed E-state index contributed by atoms with van der Waals surface area (Å²) in [7, 11) is 4.08. The standard InChI is InChI=1S/C28H38N4O3/c1-28(2,3)35-32(21-33)20-23-10-8-22(9-11-23)7-6-16-30(4)18-15-29-27(34)25-12-13-26-24(19-25)14-17-31(26)5/h8-14,17,19,21H,6-7,15-16,18,20H2,1-5H3,(H,29,34). The zero-order valence-electron chi connectivity index (χ0n) is 21.6. The molecule has 0 aliphatic rings. The fourth-order valence-corrected chi connectivity index (χ4v) is 3.98. The number of benzene rings is 2. The van der Waals surface area contributed by atoms with Gasteiger partial charge in [-0.1, -0.05) is 24.3 Å². The Morgan fingerprint density at radius 2 is 1.77 bits per heavy atom. The summed E-state index contributed by atoms with van der Waals surface area (Å²) in [6.07, 6.45) is 4.73. The fourth-order valence-electron chi connectivity index (χ4n) is 3.98. The van der Waals surface area contributed by atoms with Gasteiger partial charge in [-0.15, -0.1) is 0 Å². The van der Waals surface area contributed by atoms with Gasteiger partial charge in [0.05, 0.1) is 12.1 Å². The number of nitrogens with one attached hydrogen (secondary N) is 1. The van der Waals surface area contributed by atoms with Gasteiger partial charge in [0.25, 0.3) is 5.91 Å². The summed E-state index contributed by atoms with van der Waals surface area (Å²) in [5.74, 6) is -0.0368. The van der Waals surface area contributed by atoms with Crippen LogP contribution >= 0.6 is 0 Å². The van der Waals surface area contributed by atoms with Crippen molar-refractivity contribution in [3.63, 3.8) is 0 Å². The lowest BCUT2D eigenvalue weighted by Gasteiger charge is -2.26. The van der Waals surface area contributed by atoms with Crippen molar-refractivity contribution in [2.45, 2.75) is 45.8 Å². The van der Waals surface area contributed by atoms with Gasteiger partial charge in [0, 0.05) is 42.8 Å². The number of carbonyl (C=O) groups is 2. The third-order valence-corrected chi connectivity index (χ3v) is 5.80. The fraction of sp³-hybridized carbons (Fsp3) is 0.429. The van der Waals surface area contributed by atoms with Crippen molar-refractivity contribution in [2.24, 2.45) is 7.05 Å². The quantitative estimate of drug-likeness (QED) is 0.314. The van der Waals surface area contributed by atoms with Crippen LogP contribution in [0.1, 0.15) is 48.7 Å². The molecule has 0 saturated carbocycles. The van der Waals surface area contributed by atoms with Crippen LogP contribution in [0.3, 0.4) is 0 Å². The van der Waals surface area contributed by atoms with Gasteiger partial charge < -0.3 is 14.8 Å². The average molecular weight is 479 g/mol. The predicted octanol–water partition coefficient (Wildman–Crippen LogP) is 4.16. The molecule has 188 valence electrons. The first-order chi connectivity index (χ1) is 16.6. The highest BCUT2D eigenvalue weighted by Crippen LogP contribution is 2.17. The zero-order valence-corrected chi connectivity index (χ0v) is 21.6. The lowest BCUT2D eigenvalue weighted by atomic mass is 10.1. The molecule has 0 saturated heterocycles. The summed E-state index contributed by atoms with van der Waals surface area (Å²) in [5, 5.41) is 5.43. The second kappa shape index (κ2) is 12.0. The van der Waals surface area contributed by atoms with E-state index in [4.69, 9.17) is 4.84 Å². The Bertz CT molecular complexity index is 1120. The molecule has 2 aromatic carbocycles. The van der Waals surface area contributed by atoms with Crippen LogP contribution in [-0.2, 0) is 29.6 Å². The average Bonchev–Trinajstić information content (AvgIpc) is 3.19. The first-order valence-corrected chi connectivity index (χ1v) is 12.2. The van der Waals surface area contributed by atoms with Crippen molar-refractivity contribution in [1.29, 1.82) is 0 Å². The summed E-state index contributed by atoms with van der Waals surface area (Å²) in [4.78, 5) is 31.6. The van der Waals surface area contributed by atoms with E-state index in [1.165, 1.54) is 10.6 Å². The minimum Gasteiger partial charge on any atom is -0.351 e. The minimum atomic E-state index is -0.411. The Balaban J connectivity index is 1.35. The smallest absolute Gasteiger partial charge is 0.251 e. The minimum absolute atomic E-state index is 0.0368. The molecule has 0 bridgehead atoms. The van der Waals surface area contributed by atoms with E-state index in [-0.39, 0.29) is 5.91 Å². The second-order valence-electron chi connectivity index (χ2n) is 10.1. The molecule has 1 N–H and O–H groups in total. The molecule has 0 radical (unpaired) electrons. The van der Waals surface area contributed by atoms with E-state index in [1.807, 2.05) is 75.0 Å². The van der Waals surface area contributed by atoms with Crippen LogP contribution in [0, 0.1) is 0 Å². The number of hydroxylamine groups is 2. The maximum atomic E-state index is 12.5. The number of aryl methyl sites for hydroxylation is 2. The van der Waals surface area contributed by atoms with Crippen molar-refractivity contribution in [1.82, 2.24) is 19.8 Å². The number of hydrogen-bond donors (Lipinski definition) is 1. The molecular weight excluding hydrogens is 440 g/mol. The van der Waals surface area contributed by atoms with Crippen molar-refractivity contribution in [3.8, 4) is 0 Å². The highest BCUT2D eigenvalue weighted by atomic mass is 16.7. The normalized spacial score (nSPS) is 11.7. The zero-order chi connectivity index (χ0) is 25.4. The molecule has 2 amide bonds. The van der Waals surface area contributed by atoms with E-state index in [0.29, 0.717) is 18.7 Å². The first kappa shape index (κ1) is 26.4. The number of nitrogens with zero attached hydrogens (tertiary/aromatic N) is 3. The maximum Gasteiger partial charge on any atom is 0.251 e. The summed E-state index contributed by atoms with van der Waals surface area (Å²) in [6, 6.07) is 16.1. The molecule has 0 atom stereocenters. The molecule has 1 aromatic heterocycles. The lowest BCUT2D eigenvalue weighted by Crippen LogP contribution is -2.33. The van der Waals surface area contributed by atoms with Crippen molar-refractivity contribution < 1.29 is 14.4 Å². The second-order valence-corrected chi connectivity index (χ2v) is 10.1. The first-order valence-electron chi connectivity index (χ1n) is 12.2. The summed E-state index contributed by atoms with van der Waals surface area (Å²) in [5.41, 5.74) is 3.70. The number of aromatic nitrogens is 1. The molecule has 0 unspecified atom stereocenters. The highest BCUT2D eigenvalue weighted by Gasteiger charge is 2.16. The number of carbonyl (C=O) groups excluding carboxylic acids is 2. The molecule has 35 heavy (non-hydrogen) atoms. The van der Waals surface area contributed by atoms with Gasteiger partial charge in [0.15, 0.2) is 0 Å². The predicted molar refractivity (Wildman–Crippen MR) is 140 cm³/mol. The van der Waals surface area contributed by atoms with Gasteiger partial charge in [-0.2, -0.15) is 0 Å². The van der Waals surface area contributed by atoms with Crippen LogP contribution in [0.2, 0.25) is 0 Å². The van der Waals surface area contributed by atoms with Gasteiger partial charge in [-0.25, -0.2) is 5.06 Å². The molecule has 3 aromatic rings. The van der Waals surface area contributed by atoms with E-state index in [9.17, 15) is 9.59 Å². The maximum absolute atomic E-state index is 12.5. The number of likely N-dealkylation sites (N-methyl/N-ethyl adjacent to an activating group) is 1. The summed E-state index contributed by atoms with van der Waals surface area (Å²) >= 11 is 0. The van der Waals surface area contributed by atoms with Crippen LogP contribution in [0.15, 0.2) is 54.7 Å². The highest BCUT2D eigenvalue weighted by molar-refractivity contribution is 5.98. The SMILES string of the molecule is CN(CCCc1ccc(CN(C=O)OC(C)(C)C)cc1)CCNC(=O)c1ccc2c(ccn2C)c1. The Hall–Kier alpha value is -3.16. The third-order valence-electron chi connectivity index (χ3n) is 5.80. The molecule has 0 spiro atoms. The summed E-state index contributed by atoms with van der Waals surface area (Å²) in [6.45, 7) is 8.54. The van der Waals surface area contributed by atoms with Crippen molar-refractivity contribution >= 4 is 23.2 Å². The van der Waals surface area contributed by atoms with Gasteiger partial charge >= 0.3 is 0 Å². The van der Waals surface area contributed by atoms with E-state index < -0.39 is 5.60 Å². The van der Waals surface area contributed by atoms with Crippen LogP contribution in [-0.4, -0.2) is 59.1 Å². The largest absolute Gasteiger partial charge is 0.351 e. The molecular formula is C28H38N4O3. The Morgan fingerprint density at radius 3 is 2.46 bits per heavy atom. The number of amides is 2. The van der Waals surface area contributed by atoms with Crippen LogP contribution < -0.4 is 5.32 Å².